The fourth-order valence-corrected chi connectivity index (χ4v) is 3.00. The largest absolute Gasteiger partial charge is 0.396 e. The van der Waals surface area contributed by atoms with Crippen LogP contribution in [0.25, 0.3) is 22.2 Å². The van der Waals surface area contributed by atoms with E-state index in [9.17, 15) is 0 Å². The van der Waals surface area contributed by atoms with Gasteiger partial charge in [-0.25, -0.2) is 4.98 Å². The summed E-state index contributed by atoms with van der Waals surface area (Å²) in [7, 11) is 0. The standard InChI is InChI=1S/C22H20N4.CH3NO/c1-15-4-2-5-17(12-15)21-10-8-19(23)22(26-21)25-14-16-7-9-20-18(13-16)6-3-11-24-20;2-1-3/h2-13H,14,23H2,1H3,(H,25,26);1H,(H2,2,3). The highest BCUT2D eigenvalue weighted by molar-refractivity contribution is 5.79. The fraction of sp³-hybridized carbons (Fsp3) is 0.0870. The van der Waals surface area contributed by atoms with E-state index in [1.54, 1.807) is 0 Å². The molecule has 0 unspecified atom stereocenters. The molecule has 4 rings (SSSR count). The quantitative estimate of drug-likeness (QED) is 0.462. The maximum atomic E-state index is 8.58. The third-order valence-corrected chi connectivity index (χ3v) is 4.37. The summed E-state index contributed by atoms with van der Waals surface area (Å²) in [6.07, 6.45) is 2.06. The van der Waals surface area contributed by atoms with Crippen molar-refractivity contribution in [1.29, 1.82) is 0 Å². The summed E-state index contributed by atoms with van der Waals surface area (Å²) in [5.74, 6) is 0.704. The first kappa shape index (κ1) is 19.8. The normalized spacial score (nSPS) is 10.1. The molecular formula is C23H23N5O. The van der Waals surface area contributed by atoms with Crippen molar-refractivity contribution >= 4 is 28.8 Å². The Hall–Kier alpha value is -3.93. The van der Waals surface area contributed by atoms with Gasteiger partial charge >= 0.3 is 0 Å². The molecule has 146 valence electrons. The maximum absolute atomic E-state index is 8.58. The van der Waals surface area contributed by atoms with Crippen molar-refractivity contribution in [2.75, 3.05) is 11.1 Å². The first-order valence-electron chi connectivity index (χ1n) is 9.17. The van der Waals surface area contributed by atoms with Gasteiger partial charge in [-0.2, -0.15) is 0 Å². The second kappa shape index (κ2) is 9.32. The molecule has 29 heavy (non-hydrogen) atoms. The van der Waals surface area contributed by atoms with E-state index >= 15 is 0 Å². The Balaban J connectivity index is 0.000000755. The van der Waals surface area contributed by atoms with Crippen LogP contribution in [0, 0.1) is 6.92 Å². The number of nitrogens with two attached hydrogens (primary N) is 2. The minimum atomic E-state index is 0.250. The highest BCUT2D eigenvalue weighted by atomic mass is 16.1. The van der Waals surface area contributed by atoms with E-state index in [2.05, 4.69) is 59.4 Å². The summed E-state index contributed by atoms with van der Waals surface area (Å²) in [6.45, 7) is 2.73. The van der Waals surface area contributed by atoms with Crippen molar-refractivity contribution in [2.24, 2.45) is 5.73 Å². The lowest BCUT2D eigenvalue weighted by molar-refractivity contribution is -0.106. The van der Waals surface area contributed by atoms with Crippen LogP contribution >= 0.6 is 0 Å². The molecule has 0 bridgehead atoms. The van der Waals surface area contributed by atoms with Crippen LogP contribution in [0.5, 0.6) is 0 Å². The van der Waals surface area contributed by atoms with Gasteiger partial charge in [0.05, 0.1) is 16.9 Å². The lowest BCUT2D eigenvalue weighted by atomic mass is 10.1. The molecular weight excluding hydrogens is 362 g/mol. The van der Waals surface area contributed by atoms with Gasteiger partial charge in [-0.3, -0.25) is 9.78 Å². The number of rotatable bonds is 4. The van der Waals surface area contributed by atoms with Crippen LogP contribution in [-0.4, -0.2) is 16.4 Å². The fourth-order valence-electron chi connectivity index (χ4n) is 3.00. The number of carbonyl (C=O) groups excluding carboxylic acids is 1. The van der Waals surface area contributed by atoms with Gasteiger partial charge in [-0.1, -0.05) is 35.9 Å². The van der Waals surface area contributed by atoms with E-state index in [4.69, 9.17) is 15.5 Å². The van der Waals surface area contributed by atoms with Gasteiger partial charge in [0.1, 0.15) is 5.82 Å². The topological polar surface area (TPSA) is 107 Å². The Bertz CT molecular complexity index is 1130. The monoisotopic (exact) mass is 385 g/mol. The number of amides is 1. The minimum Gasteiger partial charge on any atom is -0.396 e. The molecule has 2 aromatic heterocycles. The Morgan fingerprint density at radius 3 is 2.66 bits per heavy atom. The zero-order valence-electron chi connectivity index (χ0n) is 16.2. The number of aryl methyl sites for hydroxylation is 1. The van der Waals surface area contributed by atoms with Gasteiger partial charge < -0.3 is 16.8 Å². The molecule has 0 saturated heterocycles. The van der Waals surface area contributed by atoms with Crippen LogP contribution in [0.1, 0.15) is 11.1 Å². The van der Waals surface area contributed by atoms with Crippen molar-refractivity contribution in [3.8, 4) is 11.3 Å². The summed E-state index contributed by atoms with van der Waals surface area (Å²) in [6, 6.07) is 22.4. The Labute approximate surface area is 169 Å². The smallest absolute Gasteiger partial charge is 0.204 e. The second-order valence-corrected chi connectivity index (χ2v) is 6.52. The van der Waals surface area contributed by atoms with Crippen molar-refractivity contribution in [3.05, 3.63) is 84.1 Å². The van der Waals surface area contributed by atoms with Gasteiger partial charge in [-0.15, -0.1) is 0 Å². The summed E-state index contributed by atoms with van der Waals surface area (Å²) in [4.78, 5) is 17.7. The average molecular weight is 385 g/mol. The molecule has 0 spiro atoms. The molecule has 2 aromatic carbocycles. The summed E-state index contributed by atoms with van der Waals surface area (Å²) in [5, 5.41) is 4.49. The van der Waals surface area contributed by atoms with E-state index in [0.717, 1.165) is 27.7 Å². The van der Waals surface area contributed by atoms with Gasteiger partial charge in [0, 0.05) is 23.7 Å². The molecule has 2 heterocycles. The first-order chi connectivity index (χ1) is 14.1. The number of anilines is 2. The van der Waals surface area contributed by atoms with Crippen LogP contribution in [0.3, 0.4) is 0 Å². The third kappa shape index (κ3) is 5.07. The summed E-state index contributed by atoms with van der Waals surface area (Å²) < 4.78 is 0. The second-order valence-electron chi connectivity index (χ2n) is 6.52. The molecule has 0 aliphatic carbocycles. The van der Waals surface area contributed by atoms with Crippen LogP contribution in [0.4, 0.5) is 11.5 Å². The van der Waals surface area contributed by atoms with E-state index in [-0.39, 0.29) is 6.41 Å². The number of fused-ring (bicyclic) bond motifs is 1. The zero-order valence-corrected chi connectivity index (χ0v) is 16.2. The number of aromatic nitrogens is 2. The Morgan fingerprint density at radius 2 is 1.86 bits per heavy atom. The highest BCUT2D eigenvalue weighted by Crippen LogP contribution is 2.24. The van der Waals surface area contributed by atoms with Gasteiger partial charge in [-0.05, 0) is 48.9 Å². The van der Waals surface area contributed by atoms with E-state index in [1.165, 1.54) is 5.56 Å². The number of primary amides is 1. The summed E-state index contributed by atoms with van der Waals surface area (Å²) in [5.41, 5.74) is 16.3. The molecule has 1 amide bonds. The zero-order chi connectivity index (χ0) is 20.6. The van der Waals surface area contributed by atoms with Crippen molar-refractivity contribution in [1.82, 2.24) is 9.97 Å². The van der Waals surface area contributed by atoms with Gasteiger partial charge in [0.2, 0.25) is 6.41 Å². The number of nitrogens with one attached hydrogen (secondary N) is 1. The lowest BCUT2D eigenvalue weighted by Crippen LogP contribution is -2.05. The van der Waals surface area contributed by atoms with Crippen molar-refractivity contribution in [2.45, 2.75) is 13.5 Å². The van der Waals surface area contributed by atoms with Crippen molar-refractivity contribution < 1.29 is 4.79 Å². The maximum Gasteiger partial charge on any atom is 0.204 e. The number of hydrogen-bond acceptors (Lipinski definition) is 5. The lowest BCUT2D eigenvalue weighted by Gasteiger charge is -2.11. The molecule has 0 fully saturated rings. The number of carbonyl (C=O) groups is 1. The average Bonchev–Trinajstić information content (AvgIpc) is 2.73. The van der Waals surface area contributed by atoms with E-state index in [1.807, 2.05) is 36.5 Å². The highest BCUT2D eigenvalue weighted by Gasteiger charge is 2.06. The van der Waals surface area contributed by atoms with Crippen molar-refractivity contribution in [3.63, 3.8) is 0 Å². The Kier molecular flexibility index (Phi) is 6.37. The predicted molar refractivity (Wildman–Crippen MR) is 118 cm³/mol. The van der Waals surface area contributed by atoms with E-state index < -0.39 is 0 Å². The molecule has 0 atom stereocenters. The molecule has 6 nitrogen and oxygen atoms in total. The molecule has 0 saturated carbocycles. The molecule has 0 aliphatic heterocycles. The number of pyridine rings is 2. The number of nitrogens with zero attached hydrogens (tertiary/aromatic N) is 2. The number of hydrogen-bond donors (Lipinski definition) is 3. The van der Waals surface area contributed by atoms with Crippen LogP contribution < -0.4 is 16.8 Å². The van der Waals surface area contributed by atoms with Crippen LogP contribution in [0.15, 0.2) is 72.9 Å². The molecule has 6 heteroatoms. The molecule has 5 N–H and O–H groups in total. The van der Waals surface area contributed by atoms with E-state index in [0.29, 0.717) is 18.1 Å². The first-order valence-corrected chi connectivity index (χ1v) is 9.17. The SMILES string of the molecule is Cc1cccc(-c2ccc(N)c(NCc3ccc4ncccc4c3)n2)c1.NC=O. The molecule has 0 radical (unpaired) electrons. The van der Waals surface area contributed by atoms with Gasteiger partial charge in [0.15, 0.2) is 0 Å². The molecule has 4 aromatic rings. The van der Waals surface area contributed by atoms with Gasteiger partial charge in [0.25, 0.3) is 0 Å². The number of nitrogen functional groups attached to an aromatic ring is 1. The Morgan fingerprint density at radius 1 is 1.03 bits per heavy atom. The molecule has 0 aliphatic rings. The van der Waals surface area contributed by atoms with Crippen LogP contribution in [0.2, 0.25) is 0 Å². The number of benzene rings is 2. The predicted octanol–water partition coefficient (Wildman–Crippen LogP) is 3.90. The minimum absolute atomic E-state index is 0.250. The summed E-state index contributed by atoms with van der Waals surface area (Å²) >= 11 is 0. The van der Waals surface area contributed by atoms with Crippen LogP contribution in [-0.2, 0) is 11.3 Å². The third-order valence-electron chi connectivity index (χ3n) is 4.37.